The second kappa shape index (κ2) is 10.1. The molecule has 0 radical (unpaired) electrons. The molecule has 10 nitrogen and oxygen atoms in total. The number of ether oxygens (including phenoxy) is 2. The highest BCUT2D eigenvalue weighted by molar-refractivity contribution is 7.98. The molecule has 2 atom stereocenters. The maximum Gasteiger partial charge on any atom is 0.419 e. The molecule has 2 aromatic carbocycles. The Labute approximate surface area is 200 Å². The molecule has 0 bridgehead atoms. The number of amides is 1. The number of nitrogens with one attached hydrogen (secondary N) is 2. The highest BCUT2D eigenvalue weighted by Gasteiger charge is 2.28. The van der Waals surface area contributed by atoms with Gasteiger partial charge in [0.1, 0.15) is 18.8 Å². The van der Waals surface area contributed by atoms with Gasteiger partial charge in [-0.2, -0.15) is 16.5 Å². The summed E-state index contributed by atoms with van der Waals surface area (Å²) in [6.45, 7) is 0.423. The summed E-state index contributed by atoms with van der Waals surface area (Å²) in [7, 11) is -2.53. The van der Waals surface area contributed by atoms with Crippen molar-refractivity contribution in [3.8, 4) is 11.5 Å². The number of carbonyl (C=O) groups is 1. The van der Waals surface area contributed by atoms with Crippen molar-refractivity contribution in [2.24, 2.45) is 7.05 Å². The Morgan fingerprint density at radius 3 is 2.76 bits per heavy atom. The van der Waals surface area contributed by atoms with Crippen molar-refractivity contribution in [3.05, 3.63) is 53.0 Å². The molecule has 4 rings (SSSR count). The van der Waals surface area contributed by atoms with E-state index in [-0.39, 0.29) is 23.6 Å². The van der Waals surface area contributed by atoms with E-state index in [0.717, 1.165) is 0 Å². The number of aryl methyl sites for hydroxylation is 1. The number of aromatic nitrogens is 1. The predicted octanol–water partition coefficient (Wildman–Crippen LogP) is 1.49. The van der Waals surface area contributed by atoms with Crippen LogP contribution in [0.25, 0.3) is 11.1 Å². The topological polar surface area (TPSA) is 129 Å². The minimum atomic E-state index is -4.06. The van der Waals surface area contributed by atoms with Crippen LogP contribution < -0.4 is 25.3 Å². The van der Waals surface area contributed by atoms with Crippen LogP contribution in [0.1, 0.15) is 6.42 Å². The highest BCUT2D eigenvalue weighted by Crippen LogP contribution is 2.30. The Morgan fingerprint density at radius 2 is 2.00 bits per heavy atom. The standard InChI is InChI=1S/C22H25N3O7S2/c1-25-17-8-7-15(11-20(17)32-22(25)27)34(28,29)24-16(9-10-33-2)21(26)23-12-14-13-30-18-5-3-4-6-19(18)31-14/h3-8,11,14,16,24H,9-10,12-13H2,1-2H3,(H,23,26). The molecule has 182 valence electrons. The Bertz CT molecular complexity index is 1350. The molecule has 0 saturated heterocycles. The van der Waals surface area contributed by atoms with Gasteiger partial charge in [-0.3, -0.25) is 9.36 Å². The van der Waals surface area contributed by atoms with Crippen LogP contribution in [-0.4, -0.2) is 56.2 Å². The van der Waals surface area contributed by atoms with E-state index in [2.05, 4.69) is 10.0 Å². The molecule has 1 aliphatic rings. The molecule has 12 heteroatoms. The van der Waals surface area contributed by atoms with Gasteiger partial charge in [0.2, 0.25) is 15.9 Å². The summed E-state index contributed by atoms with van der Waals surface area (Å²) in [6, 6.07) is 10.4. The number of nitrogens with zero attached hydrogens (tertiary/aromatic N) is 1. The first-order valence-electron chi connectivity index (χ1n) is 10.6. The van der Waals surface area contributed by atoms with E-state index in [1.54, 1.807) is 12.1 Å². The van der Waals surface area contributed by atoms with Gasteiger partial charge in [-0.25, -0.2) is 13.2 Å². The van der Waals surface area contributed by atoms with Crippen LogP contribution in [0.3, 0.4) is 0 Å². The number of oxazole rings is 1. The van der Waals surface area contributed by atoms with E-state index in [1.165, 1.54) is 41.6 Å². The quantitative estimate of drug-likeness (QED) is 0.446. The number of sulfonamides is 1. The van der Waals surface area contributed by atoms with Crippen molar-refractivity contribution < 1.29 is 27.1 Å². The Hall–Kier alpha value is -2.96. The Balaban J connectivity index is 1.44. The van der Waals surface area contributed by atoms with Crippen LogP contribution >= 0.6 is 11.8 Å². The number of hydrogen-bond acceptors (Lipinski definition) is 8. The van der Waals surface area contributed by atoms with E-state index in [9.17, 15) is 18.0 Å². The summed E-state index contributed by atoms with van der Waals surface area (Å²) in [5, 5.41) is 2.76. The van der Waals surface area contributed by atoms with Gasteiger partial charge in [-0.15, -0.1) is 0 Å². The zero-order valence-corrected chi connectivity index (χ0v) is 20.3. The van der Waals surface area contributed by atoms with Crippen molar-refractivity contribution in [1.29, 1.82) is 0 Å². The second-order valence-electron chi connectivity index (χ2n) is 7.75. The lowest BCUT2D eigenvalue weighted by atomic mass is 10.2. The molecule has 1 aromatic heterocycles. The summed E-state index contributed by atoms with van der Waals surface area (Å²) < 4.78 is 46.4. The number of benzene rings is 2. The van der Waals surface area contributed by atoms with Crippen molar-refractivity contribution in [2.45, 2.75) is 23.5 Å². The van der Waals surface area contributed by atoms with Gasteiger partial charge < -0.3 is 19.2 Å². The molecule has 0 spiro atoms. The maximum absolute atomic E-state index is 13.0. The van der Waals surface area contributed by atoms with E-state index >= 15 is 0 Å². The lowest BCUT2D eigenvalue weighted by Crippen LogP contribution is -2.50. The van der Waals surface area contributed by atoms with E-state index in [1.807, 2.05) is 18.4 Å². The minimum Gasteiger partial charge on any atom is -0.486 e. The minimum absolute atomic E-state index is 0.100. The SMILES string of the molecule is CSCCC(NS(=O)(=O)c1ccc2c(c1)oc(=O)n2C)C(=O)NCC1COc2ccccc2O1. The predicted molar refractivity (Wildman–Crippen MR) is 128 cm³/mol. The Morgan fingerprint density at radius 1 is 1.24 bits per heavy atom. The first-order valence-corrected chi connectivity index (χ1v) is 13.4. The van der Waals surface area contributed by atoms with Crippen LogP contribution in [0.5, 0.6) is 11.5 Å². The smallest absolute Gasteiger partial charge is 0.419 e. The highest BCUT2D eigenvalue weighted by atomic mass is 32.2. The van der Waals surface area contributed by atoms with E-state index in [4.69, 9.17) is 13.9 Å². The average Bonchev–Trinajstić information content (AvgIpc) is 3.12. The van der Waals surface area contributed by atoms with Crippen molar-refractivity contribution in [2.75, 3.05) is 25.2 Å². The molecule has 2 heterocycles. The monoisotopic (exact) mass is 507 g/mol. The van der Waals surface area contributed by atoms with Gasteiger partial charge in [0.15, 0.2) is 17.1 Å². The van der Waals surface area contributed by atoms with Crippen LogP contribution in [0.15, 0.2) is 56.6 Å². The zero-order chi connectivity index (χ0) is 24.3. The fraction of sp³-hybridized carbons (Fsp3) is 0.364. The number of para-hydroxylation sites is 2. The largest absolute Gasteiger partial charge is 0.486 e. The van der Waals surface area contributed by atoms with E-state index in [0.29, 0.717) is 29.2 Å². The number of rotatable bonds is 9. The second-order valence-corrected chi connectivity index (χ2v) is 10.5. The van der Waals surface area contributed by atoms with Crippen molar-refractivity contribution >= 4 is 38.8 Å². The van der Waals surface area contributed by atoms with Gasteiger partial charge in [0.05, 0.1) is 17.0 Å². The normalized spacial score (nSPS) is 16.4. The third kappa shape index (κ3) is 5.24. The average molecular weight is 508 g/mol. The Kier molecular flexibility index (Phi) is 7.19. The fourth-order valence-corrected chi connectivity index (χ4v) is 5.23. The molecule has 2 unspecified atom stereocenters. The fourth-order valence-electron chi connectivity index (χ4n) is 3.52. The molecule has 3 aromatic rings. The lowest BCUT2D eigenvalue weighted by Gasteiger charge is -2.27. The molecule has 1 aliphatic heterocycles. The molecular weight excluding hydrogens is 482 g/mol. The van der Waals surface area contributed by atoms with Crippen LogP contribution in [0.4, 0.5) is 0 Å². The lowest BCUT2D eigenvalue weighted by molar-refractivity contribution is -0.123. The third-order valence-corrected chi connectivity index (χ3v) is 7.48. The summed E-state index contributed by atoms with van der Waals surface area (Å²) in [5.41, 5.74) is 0.618. The maximum atomic E-state index is 13.0. The van der Waals surface area contributed by atoms with Crippen molar-refractivity contribution in [1.82, 2.24) is 14.6 Å². The summed E-state index contributed by atoms with van der Waals surface area (Å²) in [4.78, 5) is 24.5. The molecule has 2 N–H and O–H groups in total. The molecule has 0 aliphatic carbocycles. The van der Waals surface area contributed by atoms with Crippen LogP contribution in [-0.2, 0) is 21.9 Å². The first-order chi connectivity index (χ1) is 16.3. The summed E-state index contributed by atoms with van der Waals surface area (Å²) >= 11 is 1.50. The molecule has 1 amide bonds. The van der Waals surface area contributed by atoms with Gasteiger partial charge >= 0.3 is 5.76 Å². The summed E-state index contributed by atoms with van der Waals surface area (Å²) in [5.74, 6) is 0.750. The number of fused-ring (bicyclic) bond motifs is 2. The number of carbonyl (C=O) groups excluding carboxylic acids is 1. The van der Waals surface area contributed by atoms with Gasteiger partial charge in [-0.05, 0) is 42.7 Å². The third-order valence-electron chi connectivity index (χ3n) is 5.37. The molecule has 0 saturated carbocycles. The van der Waals surface area contributed by atoms with Gasteiger partial charge in [-0.1, -0.05) is 12.1 Å². The van der Waals surface area contributed by atoms with Crippen LogP contribution in [0.2, 0.25) is 0 Å². The number of hydrogen-bond donors (Lipinski definition) is 2. The molecule has 0 fully saturated rings. The van der Waals surface area contributed by atoms with Gasteiger partial charge in [0, 0.05) is 13.1 Å². The van der Waals surface area contributed by atoms with Crippen molar-refractivity contribution in [3.63, 3.8) is 0 Å². The zero-order valence-electron chi connectivity index (χ0n) is 18.6. The van der Waals surface area contributed by atoms with E-state index < -0.39 is 33.8 Å². The first kappa shape index (κ1) is 24.2. The number of thioether (sulfide) groups is 1. The van der Waals surface area contributed by atoms with Crippen LogP contribution in [0, 0.1) is 0 Å². The molecule has 34 heavy (non-hydrogen) atoms. The van der Waals surface area contributed by atoms with Gasteiger partial charge in [0.25, 0.3) is 0 Å². The molecular formula is C22H25N3O7S2. The summed E-state index contributed by atoms with van der Waals surface area (Å²) in [6.07, 6.45) is 1.76.